The number of Topliss-reactive ketones (excluding diaryl/α,β-unsaturated/α-hetero) is 1. The number of nitriles is 1. The van der Waals surface area contributed by atoms with Crippen LogP contribution in [0, 0.1) is 14.9 Å². The molecule has 0 saturated carbocycles. The monoisotopic (exact) mass is 299 g/mol. The predicted octanol–water partition coefficient (Wildman–Crippen LogP) is 2.18. The SMILES string of the molecule is CC(=O)c1ccc(I)c(C#N)c1C=O. The molecule has 0 radical (unpaired) electrons. The Hall–Kier alpha value is -1.22. The zero-order valence-corrected chi connectivity index (χ0v) is 9.53. The Morgan fingerprint density at radius 3 is 2.64 bits per heavy atom. The number of benzene rings is 1. The lowest BCUT2D eigenvalue weighted by atomic mass is 10.0. The van der Waals surface area contributed by atoms with Crippen LogP contribution in [0.5, 0.6) is 0 Å². The van der Waals surface area contributed by atoms with Gasteiger partial charge in [-0.05, 0) is 41.6 Å². The molecule has 0 N–H and O–H groups in total. The van der Waals surface area contributed by atoms with E-state index in [9.17, 15) is 9.59 Å². The normalized spacial score (nSPS) is 9.21. The maximum atomic E-state index is 11.1. The molecule has 0 bridgehead atoms. The van der Waals surface area contributed by atoms with Crippen molar-refractivity contribution >= 4 is 34.7 Å². The second kappa shape index (κ2) is 4.33. The Morgan fingerprint density at radius 2 is 2.21 bits per heavy atom. The summed E-state index contributed by atoms with van der Waals surface area (Å²) in [5.41, 5.74) is 0.761. The van der Waals surface area contributed by atoms with E-state index < -0.39 is 0 Å². The zero-order valence-electron chi connectivity index (χ0n) is 7.37. The molecule has 70 valence electrons. The summed E-state index contributed by atoms with van der Waals surface area (Å²) in [6, 6.07) is 5.14. The number of hydrogen-bond acceptors (Lipinski definition) is 3. The van der Waals surface area contributed by atoms with E-state index in [2.05, 4.69) is 0 Å². The van der Waals surface area contributed by atoms with Gasteiger partial charge in [-0.15, -0.1) is 0 Å². The summed E-state index contributed by atoms with van der Waals surface area (Å²) in [4.78, 5) is 21.9. The van der Waals surface area contributed by atoms with Crippen molar-refractivity contribution in [3.8, 4) is 6.07 Å². The van der Waals surface area contributed by atoms with Crippen LogP contribution in [0.2, 0.25) is 0 Å². The number of ketones is 1. The molecular weight excluding hydrogens is 293 g/mol. The number of hydrogen-bond donors (Lipinski definition) is 0. The third kappa shape index (κ3) is 1.82. The molecule has 0 aliphatic heterocycles. The van der Waals surface area contributed by atoms with E-state index >= 15 is 0 Å². The van der Waals surface area contributed by atoms with E-state index in [1.807, 2.05) is 28.7 Å². The van der Waals surface area contributed by atoms with Gasteiger partial charge >= 0.3 is 0 Å². The summed E-state index contributed by atoms with van der Waals surface area (Å²) < 4.78 is 0.678. The van der Waals surface area contributed by atoms with E-state index in [1.165, 1.54) is 6.92 Å². The lowest BCUT2D eigenvalue weighted by Gasteiger charge is -2.03. The first-order chi connectivity index (χ1) is 6.61. The smallest absolute Gasteiger partial charge is 0.160 e. The number of nitrogens with zero attached hydrogens (tertiary/aromatic N) is 1. The van der Waals surface area contributed by atoms with Crippen molar-refractivity contribution in [1.29, 1.82) is 5.26 Å². The molecule has 14 heavy (non-hydrogen) atoms. The first-order valence-corrected chi connectivity index (χ1v) is 4.88. The third-order valence-electron chi connectivity index (χ3n) is 1.80. The van der Waals surface area contributed by atoms with Crippen molar-refractivity contribution < 1.29 is 9.59 Å². The highest BCUT2D eigenvalue weighted by Crippen LogP contribution is 2.19. The lowest BCUT2D eigenvalue weighted by Crippen LogP contribution is -2.03. The fraction of sp³-hybridized carbons (Fsp3) is 0.100. The molecular formula is C10H6INO2. The summed E-state index contributed by atoms with van der Waals surface area (Å²) >= 11 is 1.96. The van der Waals surface area contributed by atoms with Crippen LogP contribution >= 0.6 is 22.6 Å². The molecule has 1 aromatic rings. The topological polar surface area (TPSA) is 57.9 Å². The molecule has 1 rings (SSSR count). The molecule has 0 aliphatic carbocycles. The first-order valence-electron chi connectivity index (χ1n) is 3.80. The summed E-state index contributed by atoms with van der Waals surface area (Å²) in [5, 5.41) is 8.81. The minimum atomic E-state index is -0.208. The Morgan fingerprint density at radius 1 is 1.57 bits per heavy atom. The minimum absolute atomic E-state index is 0.187. The molecule has 4 heteroatoms. The van der Waals surface area contributed by atoms with Crippen molar-refractivity contribution in [3.63, 3.8) is 0 Å². The van der Waals surface area contributed by atoms with Gasteiger partial charge in [-0.25, -0.2) is 0 Å². The van der Waals surface area contributed by atoms with E-state index in [-0.39, 0.29) is 16.9 Å². The quantitative estimate of drug-likeness (QED) is 0.478. The van der Waals surface area contributed by atoms with Gasteiger partial charge in [-0.1, -0.05) is 0 Å². The largest absolute Gasteiger partial charge is 0.298 e. The second-order valence-electron chi connectivity index (χ2n) is 2.67. The van der Waals surface area contributed by atoms with E-state index in [1.54, 1.807) is 12.1 Å². The third-order valence-corrected chi connectivity index (χ3v) is 2.70. The summed E-state index contributed by atoms with van der Waals surface area (Å²) in [6.07, 6.45) is 0.553. The second-order valence-corrected chi connectivity index (χ2v) is 3.83. The van der Waals surface area contributed by atoms with Gasteiger partial charge in [0.2, 0.25) is 0 Å². The molecule has 0 saturated heterocycles. The fourth-order valence-electron chi connectivity index (χ4n) is 1.14. The maximum absolute atomic E-state index is 11.1. The van der Waals surface area contributed by atoms with Gasteiger partial charge in [-0.2, -0.15) is 5.26 Å². The van der Waals surface area contributed by atoms with Crippen LogP contribution in [-0.4, -0.2) is 12.1 Å². The Labute approximate surface area is 94.9 Å². The van der Waals surface area contributed by atoms with Gasteiger partial charge in [-0.3, -0.25) is 9.59 Å². The van der Waals surface area contributed by atoms with Crippen molar-refractivity contribution in [3.05, 3.63) is 32.4 Å². The zero-order chi connectivity index (χ0) is 10.7. The number of carbonyl (C=O) groups excluding carboxylic acids is 2. The van der Waals surface area contributed by atoms with Gasteiger partial charge in [0.05, 0.1) is 5.56 Å². The van der Waals surface area contributed by atoms with E-state index in [4.69, 9.17) is 5.26 Å². The Bertz CT molecular complexity index is 446. The van der Waals surface area contributed by atoms with Crippen molar-refractivity contribution in [2.24, 2.45) is 0 Å². The molecule has 0 spiro atoms. The summed E-state index contributed by atoms with van der Waals surface area (Å²) in [7, 11) is 0. The van der Waals surface area contributed by atoms with Crippen molar-refractivity contribution in [1.82, 2.24) is 0 Å². The van der Waals surface area contributed by atoms with Gasteiger partial charge in [0.15, 0.2) is 12.1 Å². The maximum Gasteiger partial charge on any atom is 0.160 e. The molecule has 0 unspecified atom stereocenters. The highest BCUT2D eigenvalue weighted by Gasteiger charge is 2.13. The van der Waals surface area contributed by atoms with Crippen LogP contribution in [0.3, 0.4) is 0 Å². The number of aldehydes is 1. The lowest BCUT2D eigenvalue weighted by molar-refractivity contribution is 0.100. The van der Waals surface area contributed by atoms with Crippen LogP contribution in [0.1, 0.15) is 33.2 Å². The van der Waals surface area contributed by atoms with Gasteiger partial charge in [0, 0.05) is 14.7 Å². The highest BCUT2D eigenvalue weighted by atomic mass is 127. The summed E-state index contributed by atoms with van der Waals surface area (Å²) in [5.74, 6) is -0.208. The Kier molecular flexibility index (Phi) is 3.36. The van der Waals surface area contributed by atoms with Crippen LogP contribution in [0.4, 0.5) is 0 Å². The molecule has 0 amide bonds. The molecule has 0 heterocycles. The van der Waals surface area contributed by atoms with Gasteiger partial charge in [0.1, 0.15) is 6.07 Å². The van der Waals surface area contributed by atoms with Gasteiger partial charge < -0.3 is 0 Å². The van der Waals surface area contributed by atoms with Gasteiger partial charge in [0.25, 0.3) is 0 Å². The highest BCUT2D eigenvalue weighted by molar-refractivity contribution is 14.1. The molecule has 0 aromatic heterocycles. The number of rotatable bonds is 2. The van der Waals surface area contributed by atoms with E-state index in [0.717, 1.165) is 0 Å². The van der Waals surface area contributed by atoms with Crippen LogP contribution in [0.15, 0.2) is 12.1 Å². The average Bonchev–Trinajstić information content (AvgIpc) is 2.16. The van der Waals surface area contributed by atoms with Crippen molar-refractivity contribution in [2.75, 3.05) is 0 Å². The number of carbonyl (C=O) groups is 2. The van der Waals surface area contributed by atoms with Crippen LogP contribution in [0.25, 0.3) is 0 Å². The molecule has 3 nitrogen and oxygen atoms in total. The molecule has 1 aromatic carbocycles. The number of halogens is 1. The van der Waals surface area contributed by atoms with E-state index in [0.29, 0.717) is 15.4 Å². The fourth-order valence-corrected chi connectivity index (χ4v) is 1.73. The average molecular weight is 299 g/mol. The van der Waals surface area contributed by atoms with Crippen LogP contribution < -0.4 is 0 Å². The molecule has 0 atom stereocenters. The standard InChI is InChI=1S/C10H6INO2/c1-6(14)7-2-3-10(11)8(4-12)9(7)5-13/h2-3,5H,1H3. The predicted molar refractivity (Wildman–Crippen MR) is 59.3 cm³/mol. The van der Waals surface area contributed by atoms with Crippen molar-refractivity contribution in [2.45, 2.75) is 6.92 Å². The minimum Gasteiger partial charge on any atom is -0.298 e. The molecule has 0 fully saturated rings. The first kappa shape index (κ1) is 10.9. The Balaban J connectivity index is 3.58. The molecule has 0 aliphatic rings. The summed E-state index contributed by atoms with van der Waals surface area (Å²) in [6.45, 7) is 1.37. The van der Waals surface area contributed by atoms with Crippen LogP contribution in [-0.2, 0) is 0 Å².